The molecule has 1 heterocycles. The van der Waals surface area contributed by atoms with Crippen molar-refractivity contribution in [2.45, 2.75) is 25.9 Å². The van der Waals surface area contributed by atoms with Gasteiger partial charge in [-0.2, -0.15) is 0 Å². The predicted molar refractivity (Wildman–Crippen MR) is 48.2 cm³/mol. The number of carbonyl (C=O) groups excluding carboxylic acids is 1. The van der Waals surface area contributed by atoms with Gasteiger partial charge in [0.2, 0.25) is 5.91 Å². The van der Waals surface area contributed by atoms with E-state index in [1.54, 1.807) is 6.92 Å². The maximum absolute atomic E-state index is 11.4. The van der Waals surface area contributed by atoms with Gasteiger partial charge < -0.3 is 15.2 Å². The smallest absolute Gasteiger partial charge is 0.223 e. The van der Waals surface area contributed by atoms with Crippen LogP contribution in [-0.2, 0) is 9.53 Å². The molecule has 1 aliphatic rings. The molecule has 0 bridgehead atoms. The molecule has 4 heteroatoms. The summed E-state index contributed by atoms with van der Waals surface area (Å²) in [5.41, 5.74) is 0. The zero-order valence-electron chi connectivity index (χ0n) is 7.95. The summed E-state index contributed by atoms with van der Waals surface area (Å²) in [5, 5.41) is 11.7. The molecular formula is C9H17NO3. The second kappa shape index (κ2) is 5.19. The molecule has 76 valence electrons. The summed E-state index contributed by atoms with van der Waals surface area (Å²) >= 11 is 0. The molecule has 1 saturated heterocycles. The van der Waals surface area contributed by atoms with E-state index < -0.39 is 6.10 Å². The quantitative estimate of drug-likeness (QED) is 0.649. The summed E-state index contributed by atoms with van der Waals surface area (Å²) in [7, 11) is 0. The first-order chi connectivity index (χ1) is 6.20. The average molecular weight is 187 g/mol. The number of aliphatic hydroxyl groups is 1. The molecule has 1 aliphatic heterocycles. The molecule has 4 nitrogen and oxygen atoms in total. The summed E-state index contributed by atoms with van der Waals surface area (Å²) in [5.74, 6) is 0.122. The molecule has 0 spiro atoms. The summed E-state index contributed by atoms with van der Waals surface area (Å²) in [6, 6.07) is 0. The highest BCUT2D eigenvalue weighted by Gasteiger charge is 2.21. The van der Waals surface area contributed by atoms with E-state index in [-0.39, 0.29) is 11.8 Å². The van der Waals surface area contributed by atoms with E-state index in [0.29, 0.717) is 19.8 Å². The third kappa shape index (κ3) is 3.74. The van der Waals surface area contributed by atoms with Gasteiger partial charge in [0.25, 0.3) is 0 Å². The third-order valence-electron chi connectivity index (χ3n) is 2.16. The highest BCUT2D eigenvalue weighted by molar-refractivity contribution is 5.78. The lowest BCUT2D eigenvalue weighted by Crippen LogP contribution is -2.37. The highest BCUT2D eigenvalue weighted by atomic mass is 16.5. The van der Waals surface area contributed by atoms with E-state index >= 15 is 0 Å². The lowest BCUT2D eigenvalue weighted by molar-refractivity contribution is -0.128. The standard InChI is InChI=1S/C9H17NO3/c1-7(11)6-10-9(12)8-2-4-13-5-3-8/h7-8,11H,2-6H2,1H3,(H,10,12). The van der Waals surface area contributed by atoms with Gasteiger partial charge >= 0.3 is 0 Å². The van der Waals surface area contributed by atoms with Crippen molar-refractivity contribution in [3.05, 3.63) is 0 Å². The van der Waals surface area contributed by atoms with E-state index in [1.165, 1.54) is 0 Å². The maximum Gasteiger partial charge on any atom is 0.223 e. The van der Waals surface area contributed by atoms with Crippen LogP contribution in [0.5, 0.6) is 0 Å². The van der Waals surface area contributed by atoms with Gasteiger partial charge in [-0.15, -0.1) is 0 Å². The lowest BCUT2D eigenvalue weighted by Gasteiger charge is -2.21. The highest BCUT2D eigenvalue weighted by Crippen LogP contribution is 2.14. The molecule has 0 aromatic carbocycles. The van der Waals surface area contributed by atoms with Gasteiger partial charge in [0.05, 0.1) is 6.10 Å². The van der Waals surface area contributed by atoms with Crippen LogP contribution in [0.25, 0.3) is 0 Å². The molecule has 0 saturated carbocycles. The zero-order chi connectivity index (χ0) is 9.68. The minimum atomic E-state index is -0.469. The Labute approximate surface area is 78.3 Å². The van der Waals surface area contributed by atoms with Gasteiger partial charge in [0.15, 0.2) is 0 Å². The fourth-order valence-corrected chi connectivity index (χ4v) is 1.35. The van der Waals surface area contributed by atoms with Crippen LogP contribution < -0.4 is 5.32 Å². The van der Waals surface area contributed by atoms with Crippen molar-refractivity contribution in [1.82, 2.24) is 5.32 Å². The van der Waals surface area contributed by atoms with E-state index in [9.17, 15) is 4.79 Å². The minimum absolute atomic E-state index is 0.0456. The van der Waals surface area contributed by atoms with E-state index in [0.717, 1.165) is 12.8 Å². The Bertz CT molecular complexity index is 164. The number of rotatable bonds is 3. The molecule has 0 aromatic rings. The number of ether oxygens (including phenoxy) is 1. The molecule has 1 fully saturated rings. The van der Waals surface area contributed by atoms with Crippen LogP contribution in [0.15, 0.2) is 0 Å². The van der Waals surface area contributed by atoms with Gasteiger partial charge in [0, 0.05) is 25.7 Å². The lowest BCUT2D eigenvalue weighted by atomic mass is 9.99. The molecule has 1 unspecified atom stereocenters. The first kappa shape index (κ1) is 10.5. The summed E-state index contributed by atoms with van der Waals surface area (Å²) in [6.07, 6.45) is 1.13. The zero-order valence-corrected chi connectivity index (χ0v) is 7.95. The average Bonchev–Trinajstić information content (AvgIpc) is 2.15. The first-order valence-corrected chi connectivity index (χ1v) is 4.73. The van der Waals surface area contributed by atoms with Crippen molar-refractivity contribution < 1.29 is 14.6 Å². The van der Waals surface area contributed by atoms with Crippen LogP contribution in [0.2, 0.25) is 0 Å². The van der Waals surface area contributed by atoms with Crippen molar-refractivity contribution >= 4 is 5.91 Å². The topological polar surface area (TPSA) is 58.6 Å². The number of carbonyl (C=O) groups is 1. The summed E-state index contributed by atoms with van der Waals surface area (Å²) in [4.78, 5) is 11.4. The Balaban J connectivity index is 2.21. The maximum atomic E-state index is 11.4. The molecule has 1 rings (SSSR count). The van der Waals surface area contributed by atoms with E-state index in [1.807, 2.05) is 0 Å². The third-order valence-corrected chi connectivity index (χ3v) is 2.16. The number of aliphatic hydroxyl groups excluding tert-OH is 1. The molecular weight excluding hydrogens is 170 g/mol. The van der Waals surface area contributed by atoms with Crippen LogP contribution in [0.3, 0.4) is 0 Å². The molecule has 13 heavy (non-hydrogen) atoms. The first-order valence-electron chi connectivity index (χ1n) is 4.73. The van der Waals surface area contributed by atoms with Gasteiger partial charge in [-0.05, 0) is 19.8 Å². The van der Waals surface area contributed by atoms with Crippen molar-refractivity contribution in [3.63, 3.8) is 0 Å². The summed E-state index contributed by atoms with van der Waals surface area (Å²) in [6.45, 7) is 3.35. The number of hydrogen-bond acceptors (Lipinski definition) is 3. The molecule has 0 aromatic heterocycles. The second-order valence-electron chi connectivity index (χ2n) is 3.48. The van der Waals surface area contributed by atoms with Crippen LogP contribution in [0.4, 0.5) is 0 Å². The van der Waals surface area contributed by atoms with Crippen molar-refractivity contribution in [3.8, 4) is 0 Å². The second-order valence-corrected chi connectivity index (χ2v) is 3.48. The molecule has 1 atom stereocenters. The number of amides is 1. The Morgan fingerprint density at radius 3 is 2.77 bits per heavy atom. The van der Waals surface area contributed by atoms with Gasteiger partial charge in [-0.25, -0.2) is 0 Å². The largest absolute Gasteiger partial charge is 0.392 e. The van der Waals surface area contributed by atoms with Gasteiger partial charge in [-0.1, -0.05) is 0 Å². The fraction of sp³-hybridized carbons (Fsp3) is 0.889. The monoisotopic (exact) mass is 187 g/mol. The van der Waals surface area contributed by atoms with E-state index in [4.69, 9.17) is 9.84 Å². The molecule has 0 radical (unpaired) electrons. The van der Waals surface area contributed by atoms with Crippen molar-refractivity contribution in [1.29, 1.82) is 0 Å². The van der Waals surface area contributed by atoms with Gasteiger partial charge in [-0.3, -0.25) is 4.79 Å². The Hall–Kier alpha value is -0.610. The van der Waals surface area contributed by atoms with Crippen molar-refractivity contribution in [2.24, 2.45) is 5.92 Å². The Kier molecular flexibility index (Phi) is 4.18. The summed E-state index contributed by atoms with van der Waals surface area (Å²) < 4.78 is 5.15. The predicted octanol–water partition coefficient (Wildman–Crippen LogP) is -0.0900. The molecule has 2 N–H and O–H groups in total. The number of hydrogen-bond donors (Lipinski definition) is 2. The van der Waals surface area contributed by atoms with E-state index in [2.05, 4.69) is 5.32 Å². The Morgan fingerprint density at radius 2 is 2.23 bits per heavy atom. The molecule has 1 amide bonds. The van der Waals surface area contributed by atoms with Crippen LogP contribution >= 0.6 is 0 Å². The SMILES string of the molecule is CC(O)CNC(=O)C1CCOCC1. The fourth-order valence-electron chi connectivity index (χ4n) is 1.35. The molecule has 0 aliphatic carbocycles. The normalized spacial score (nSPS) is 21.1. The van der Waals surface area contributed by atoms with Crippen LogP contribution in [-0.4, -0.2) is 36.9 Å². The van der Waals surface area contributed by atoms with Crippen LogP contribution in [0, 0.1) is 5.92 Å². The van der Waals surface area contributed by atoms with Gasteiger partial charge in [0.1, 0.15) is 0 Å². The minimum Gasteiger partial charge on any atom is -0.392 e. The Morgan fingerprint density at radius 1 is 1.62 bits per heavy atom. The van der Waals surface area contributed by atoms with Crippen LogP contribution in [0.1, 0.15) is 19.8 Å². The van der Waals surface area contributed by atoms with Crippen molar-refractivity contribution in [2.75, 3.05) is 19.8 Å². The number of nitrogens with one attached hydrogen (secondary N) is 1.